The van der Waals surface area contributed by atoms with Crippen LogP contribution in [0.4, 0.5) is 0 Å². The second-order valence-electron chi connectivity index (χ2n) is 6.26. The summed E-state index contributed by atoms with van der Waals surface area (Å²) in [7, 11) is -2.24. The lowest BCUT2D eigenvalue weighted by Gasteiger charge is -2.30. The first-order valence-corrected chi connectivity index (χ1v) is 12.3. The maximum Gasteiger partial charge on any atom is 0.398 e. The van der Waals surface area contributed by atoms with Crippen LogP contribution in [0.1, 0.15) is 65.7 Å². The molecule has 0 unspecified atom stereocenters. The van der Waals surface area contributed by atoms with Gasteiger partial charge in [0, 0.05) is 11.6 Å². The molecule has 24 heavy (non-hydrogen) atoms. The van der Waals surface area contributed by atoms with Gasteiger partial charge >= 0.3 is 8.56 Å². The lowest BCUT2D eigenvalue weighted by molar-refractivity contribution is 0.230. The third-order valence-electron chi connectivity index (χ3n) is 4.38. The van der Waals surface area contributed by atoms with E-state index >= 15 is 0 Å². The fourth-order valence-corrected chi connectivity index (χ4v) is 5.57. The van der Waals surface area contributed by atoms with E-state index in [9.17, 15) is 0 Å². The van der Waals surface area contributed by atoms with Crippen molar-refractivity contribution in [3.63, 3.8) is 0 Å². The van der Waals surface area contributed by atoms with E-state index in [0.29, 0.717) is 15.8 Å². The van der Waals surface area contributed by atoms with E-state index < -0.39 is 8.56 Å². The van der Waals surface area contributed by atoms with Crippen LogP contribution in [0.15, 0.2) is 18.2 Å². The highest BCUT2D eigenvalue weighted by atomic mass is 35.5. The Morgan fingerprint density at radius 3 is 2.08 bits per heavy atom. The molecule has 0 heterocycles. The van der Waals surface area contributed by atoms with E-state index in [4.69, 9.17) is 32.1 Å². The summed E-state index contributed by atoms with van der Waals surface area (Å²) >= 11 is 12.2. The molecule has 0 saturated heterocycles. The minimum atomic E-state index is -2.24. The van der Waals surface area contributed by atoms with E-state index in [1.54, 1.807) is 6.07 Å². The number of halogens is 2. The molecule has 5 heteroatoms. The molecule has 0 aromatic heterocycles. The summed E-state index contributed by atoms with van der Waals surface area (Å²) in [5.74, 6) is 0.691. The summed E-state index contributed by atoms with van der Waals surface area (Å²) in [5, 5.41) is 1.18. The monoisotopic (exact) mass is 390 g/mol. The average Bonchev–Trinajstić information content (AvgIpc) is 2.58. The summed E-state index contributed by atoms with van der Waals surface area (Å²) in [6.45, 7) is 7.32. The standard InChI is InChI=1S/C19H32Cl2O2Si/c1-4-7-8-9-10-11-12-15-22-24(5-2,6-3)23-19-14-13-17(20)16-18(19)21/h13-14,16H,4-12,15H2,1-3H3. The molecule has 1 aromatic carbocycles. The molecule has 1 rings (SSSR count). The zero-order valence-electron chi connectivity index (χ0n) is 15.4. The van der Waals surface area contributed by atoms with Gasteiger partial charge in [0.05, 0.1) is 5.02 Å². The zero-order valence-corrected chi connectivity index (χ0v) is 17.9. The van der Waals surface area contributed by atoms with Crippen LogP contribution >= 0.6 is 23.2 Å². The Balaban J connectivity index is 2.44. The van der Waals surface area contributed by atoms with E-state index in [1.165, 1.54) is 38.5 Å². The third kappa shape index (κ3) is 7.77. The molecule has 138 valence electrons. The maximum absolute atomic E-state index is 6.27. The van der Waals surface area contributed by atoms with Crippen LogP contribution in [-0.4, -0.2) is 15.2 Å². The van der Waals surface area contributed by atoms with Crippen molar-refractivity contribution in [3.8, 4) is 5.75 Å². The quantitative estimate of drug-likeness (QED) is 0.254. The van der Waals surface area contributed by atoms with Crippen molar-refractivity contribution in [1.29, 1.82) is 0 Å². The zero-order chi connectivity index (χ0) is 17.8. The van der Waals surface area contributed by atoms with Crippen LogP contribution in [0.2, 0.25) is 22.1 Å². The number of hydrogen-bond donors (Lipinski definition) is 0. The van der Waals surface area contributed by atoms with Crippen LogP contribution < -0.4 is 4.43 Å². The van der Waals surface area contributed by atoms with Gasteiger partial charge in [-0.2, -0.15) is 0 Å². The molecule has 0 saturated carbocycles. The second-order valence-corrected chi connectivity index (χ2v) is 10.8. The fraction of sp³-hybridized carbons (Fsp3) is 0.684. The lowest BCUT2D eigenvalue weighted by Crippen LogP contribution is -2.44. The molecule has 0 amide bonds. The molecule has 0 radical (unpaired) electrons. The molecular weight excluding hydrogens is 359 g/mol. The van der Waals surface area contributed by atoms with Gasteiger partial charge in [-0.1, -0.05) is 82.5 Å². The number of rotatable bonds is 13. The molecule has 1 aromatic rings. The van der Waals surface area contributed by atoms with Crippen molar-refractivity contribution in [2.45, 2.75) is 77.8 Å². The molecule has 0 N–H and O–H groups in total. The molecule has 0 bridgehead atoms. The SMILES string of the molecule is CCCCCCCCCO[Si](CC)(CC)Oc1ccc(Cl)cc1Cl. The number of hydrogen-bond acceptors (Lipinski definition) is 2. The van der Waals surface area contributed by atoms with Crippen molar-refractivity contribution in [3.05, 3.63) is 28.2 Å². The predicted octanol–water partition coefficient (Wildman–Crippen LogP) is 7.62. The molecule has 0 atom stereocenters. The van der Waals surface area contributed by atoms with Gasteiger partial charge < -0.3 is 8.85 Å². The van der Waals surface area contributed by atoms with E-state index in [2.05, 4.69) is 20.8 Å². The molecule has 0 aliphatic heterocycles. The van der Waals surface area contributed by atoms with Crippen molar-refractivity contribution in [2.24, 2.45) is 0 Å². The van der Waals surface area contributed by atoms with Gasteiger partial charge in [-0.25, -0.2) is 0 Å². The van der Waals surface area contributed by atoms with Crippen molar-refractivity contribution in [1.82, 2.24) is 0 Å². The predicted molar refractivity (Wildman–Crippen MR) is 108 cm³/mol. The smallest absolute Gasteiger partial charge is 0.398 e. The van der Waals surface area contributed by atoms with Crippen LogP contribution in [-0.2, 0) is 4.43 Å². The average molecular weight is 391 g/mol. The first-order valence-electron chi connectivity index (χ1n) is 9.35. The minimum absolute atomic E-state index is 0.556. The Morgan fingerprint density at radius 1 is 0.875 bits per heavy atom. The van der Waals surface area contributed by atoms with E-state index in [0.717, 1.165) is 25.1 Å². The Hall–Kier alpha value is -0.223. The molecule has 0 spiro atoms. The Labute approximate surface area is 159 Å². The largest absolute Gasteiger partial charge is 0.519 e. The molecule has 2 nitrogen and oxygen atoms in total. The van der Waals surface area contributed by atoms with Gasteiger partial charge in [-0.3, -0.25) is 0 Å². The van der Waals surface area contributed by atoms with Crippen molar-refractivity contribution >= 4 is 31.8 Å². The van der Waals surface area contributed by atoms with Gasteiger partial charge in [-0.05, 0) is 36.7 Å². The molecular formula is C19H32Cl2O2Si. The Morgan fingerprint density at radius 2 is 1.50 bits per heavy atom. The summed E-state index contributed by atoms with van der Waals surface area (Å²) in [6.07, 6.45) is 9.01. The van der Waals surface area contributed by atoms with E-state index in [1.807, 2.05) is 12.1 Å². The van der Waals surface area contributed by atoms with Gasteiger partial charge in [-0.15, -0.1) is 0 Å². The lowest BCUT2D eigenvalue weighted by atomic mass is 10.1. The third-order valence-corrected chi connectivity index (χ3v) is 8.39. The molecule has 0 fully saturated rings. The van der Waals surface area contributed by atoms with E-state index in [-0.39, 0.29) is 0 Å². The van der Waals surface area contributed by atoms with Crippen molar-refractivity contribution < 1.29 is 8.85 Å². The van der Waals surface area contributed by atoms with Gasteiger partial charge in [0.25, 0.3) is 0 Å². The van der Waals surface area contributed by atoms with Crippen LogP contribution in [0, 0.1) is 0 Å². The highest BCUT2D eigenvalue weighted by molar-refractivity contribution is 6.68. The maximum atomic E-state index is 6.27. The summed E-state index contributed by atoms with van der Waals surface area (Å²) in [6, 6.07) is 7.20. The second kappa shape index (κ2) is 12.2. The summed E-state index contributed by atoms with van der Waals surface area (Å²) in [4.78, 5) is 0. The first kappa shape index (κ1) is 21.8. The topological polar surface area (TPSA) is 18.5 Å². The number of benzene rings is 1. The highest BCUT2D eigenvalue weighted by Gasteiger charge is 2.36. The summed E-state index contributed by atoms with van der Waals surface area (Å²) < 4.78 is 12.5. The number of unbranched alkanes of at least 4 members (excludes halogenated alkanes) is 6. The van der Waals surface area contributed by atoms with Gasteiger partial charge in [0.2, 0.25) is 0 Å². The highest BCUT2D eigenvalue weighted by Crippen LogP contribution is 2.32. The Bertz CT molecular complexity index is 465. The normalized spacial score (nSPS) is 11.7. The fourth-order valence-electron chi connectivity index (χ4n) is 2.70. The van der Waals surface area contributed by atoms with Crippen LogP contribution in [0.5, 0.6) is 5.75 Å². The van der Waals surface area contributed by atoms with Crippen LogP contribution in [0.25, 0.3) is 0 Å². The van der Waals surface area contributed by atoms with Crippen molar-refractivity contribution in [2.75, 3.05) is 6.61 Å². The van der Waals surface area contributed by atoms with Crippen LogP contribution in [0.3, 0.4) is 0 Å². The summed E-state index contributed by atoms with van der Waals surface area (Å²) in [5.41, 5.74) is 0. The van der Waals surface area contributed by atoms with Gasteiger partial charge in [0.15, 0.2) is 0 Å². The first-order chi connectivity index (χ1) is 11.6. The van der Waals surface area contributed by atoms with Gasteiger partial charge in [0.1, 0.15) is 5.75 Å². The minimum Gasteiger partial charge on any atom is -0.519 e. The Kier molecular flexibility index (Phi) is 11.1. The molecule has 0 aliphatic rings. The molecule has 0 aliphatic carbocycles.